The molecule has 134 valence electrons. The van der Waals surface area contributed by atoms with Crippen molar-refractivity contribution < 1.29 is 13.7 Å². The van der Waals surface area contributed by atoms with E-state index in [1.807, 2.05) is 12.1 Å². The summed E-state index contributed by atoms with van der Waals surface area (Å²) in [5.74, 6) is -0.239. The van der Waals surface area contributed by atoms with Crippen molar-refractivity contribution in [2.45, 2.75) is 0 Å². The number of aromatic nitrogens is 1. The highest BCUT2D eigenvalue weighted by Gasteiger charge is 2.19. The first kappa shape index (κ1) is 16.6. The molecule has 1 heterocycles. The van der Waals surface area contributed by atoms with E-state index >= 15 is 0 Å². The zero-order valence-electron chi connectivity index (χ0n) is 14.1. The molecule has 2 amide bonds. The van der Waals surface area contributed by atoms with Crippen molar-refractivity contribution in [3.8, 4) is 11.1 Å². The van der Waals surface area contributed by atoms with Crippen LogP contribution in [0.4, 0.5) is 26.4 Å². The SMILES string of the molecule is NC(=O)N(c1ccc(-c2cccc3onc(N)c23)cc1)c1ccccc1F. The van der Waals surface area contributed by atoms with Gasteiger partial charge >= 0.3 is 6.03 Å². The van der Waals surface area contributed by atoms with Crippen molar-refractivity contribution in [1.29, 1.82) is 0 Å². The standard InChI is InChI=1S/C20H15FN4O2/c21-15-5-1-2-6-16(15)25(20(23)26)13-10-8-12(9-11-13)14-4-3-7-17-18(14)19(22)24-27-17/h1-11H,(H2,22,24)(H2,23,26). The second kappa shape index (κ2) is 6.45. The van der Waals surface area contributed by atoms with Gasteiger partial charge in [-0.25, -0.2) is 9.18 Å². The maximum Gasteiger partial charge on any atom is 0.323 e. The van der Waals surface area contributed by atoms with Crippen molar-refractivity contribution in [3.05, 3.63) is 72.5 Å². The average molecular weight is 362 g/mol. The molecule has 7 heteroatoms. The van der Waals surface area contributed by atoms with Gasteiger partial charge in [-0.3, -0.25) is 4.90 Å². The summed E-state index contributed by atoms with van der Waals surface area (Å²) in [4.78, 5) is 13.1. The van der Waals surface area contributed by atoms with Gasteiger partial charge in [0.05, 0.1) is 16.8 Å². The van der Waals surface area contributed by atoms with Crippen LogP contribution in [0.2, 0.25) is 0 Å². The summed E-state index contributed by atoms with van der Waals surface area (Å²) in [6, 6.07) is 17.7. The van der Waals surface area contributed by atoms with Gasteiger partial charge in [-0.05, 0) is 41.5 Å². The maximum absolute atomic E-state index is 14.1. The number of anilines is 3. The molecule has 6 nitrogen and oxygen atoms in total. The lowest BCUT2D eigenvalue weighted by Crippen LogP contribution is -2.32. The van der Waals surface area contributed by atoms with E-state index in [0.717, 1.165) is 16.0 Å². The van der Waals surface area contributed by atoms with E-state index in [0.29, 0.717) is 22.5 Å². The number of halogens is 1. The molecule has 4 rings (SSSR count). The Bertz CT molecular complexity index is 1140. The number of carbonyl (C=O) groups excluding carboxylic acids is 1. The van der Waals surface area contributed by atoms with Gasteiger partial charge in [0, 0.05) is 0 Å². The number of nitrogens with zero attached hydrogens (tertiary/aromatic N) is 2. The molecule has 0 aliphatic heterocycles. The molecule has 0 saturated heterocycles. The Morgan fingerprint density at radius 1 is 1.00 bits per heavy atom. The van der Waals surface area contributed by atoms with Crippen LogP contribution < -0.4 is 16.4 Å². The number of carbonyl (C=O) groups is 1. The predicted octanol–water partition coefficient (Wildman–Crippen LogP) is 4.43. The Labute approximate surface area is 153 Å². The zero-order valence-corrected chi connectivity index (χ0v) is 14.1. The van der Waals surface area contributed by atoms with Crippen molar-refractivity contribution in [1.82, 2.24) is 5.16 Å². The molecule has 0 saturated carbocycles. The highest BCUT2D eigenvalue weighted by atomic mass is 19.1. The molecule has 0 bridgehead atoms. The van der Waals surface area contributed by atoms with Crippen molar-refractivity contribution in [3.63, 3.8) is 0 Å². The topological polar surface area (TPSA) is 98.4 Å². The lowest BCUT2D eigenvalue weighted by molar-refractivity contribution is 0.256. The highest BCUT2D eigenvalue weighted by Crippen LogP contribution is 2.34. The summed E-state index contributed by atoms with van der Waals surface area (Å²) in [6.07, 6.45) is 0. The van der Waals surface area contributed by atoms with Gasteiger partial charge in [0.2, 0.25) is 0 Å². The molecule has 0 aliphatic carbocycles. The van der Waals surface area contributed by atoms with Crippen molar-refractivity contribution >= 4 is 34.2 Å². The summed E-state index contributed by atoms with van der Waals surface area (Å²) in [5.41, 5.74) is 14.2. The number of nitrogen functional groups attached to an aromatic ring is 1. The average Bonchev–Trinajstić information content (AvgIpc) is 3.05. The quantitative estimate of drug-likeness (QED) is 0.563. The molecule has 4 aromatic rings. The van der Waals surface area contributed by atoms with Crippen LogP contribution >= 0.6 is 0 Å². The van der Waals surface area contributed by atoms with Crippen LogP contribution in [0.25, 0.3) is 22.1 Å². The fourth-order valence-electron chi connectivity index (χ4n) is 3.06. The summed E-state index contributed by atoms with van der Waals surface area (Å²) in [7, 11) is 0. The molecule has 0 radical (unpaired) electrons. The van der Waals surface area contributed by atoms with Crippen LogP contribution in [0.5, 0.6) is 0 Å². The smallest absolute Gasteiger partial charge is 0.323 e. The van der Waals surface area contributed by atoms with Gasteiger partial charge < -0.3 is 16.0 Å². The fraction of sp³-hybridized carbons (Fsp3) is 0. The van der Waals surface area contributed by atoms with E-state index in [4.69, 9.17) is 16.0 Å². The number of primary amides is 1. The first-order valence-corrected chi connectivity index (χ1v) is 8.14. The molecule has 1 aromatic heterocycles. The van der Waals surface area contributed by atoms with Crippen LogP contribution in [0.3, 0.4) is 0 Å². The van der Waals surface area contributed by atoms with Gasteiger partial charge in [-0.15, -0.1) is 0 Å². The van der Waals surface area contributed by atoms with E-state index in [-0.39, 0.29) is 5.69 Å². The van der Waals surface area contributed by atoms with E-state index in [1.54, 1.807) is 42.5 Å². The van der Waals surface area contributed by atoms with E-state index in [1.165, 1.54) is 12.1 Å². The third-order valence-electron chi connectivity index (χ3n) is 4.27. The molecule has 0 spiro atoms. The minimum atomic E-state index is -0.779. The van der Waals surface area contributed by atoms with E-state index < -0.39 is 11.8 Å². The fourth-order valence-corrected chi connectivity index (χ4v) is 3.06. The third kappa shape index (κ3) is 2.85. The van der Waals surface area contributed by atoms with E-state index in [9.17, 15) is 9.18 Å². The summed E-state index contributed by atoms with van der Waals surface area (Å²) >= 11 is 0. The highest BCUT2D eigenvalue weighted by molar-refractivity contribution is 6.01. The van der Waals surface area contributed by atoms with Crippen LogP contribution in [-0.4, -0.2) is 11.2 Å². The number of para-hydroxylation sites is 1. The Morgan fingerprint density at radius 2 is 1.74 bits per heavy atom. The first-order valence-electron chi connectivity index (χ1n) is 8.14. The number of rotatable bonds is 3. The first-order chi connectivity index (χ1) is 13.1. The normalized spacial score (nSPS) is 10.9. The lowest BCUT2D eigenvalue weighted by atomic mass is 10.0. The van der Waals surface area contributed by atoms with Crippen molar-refractivity contribution in [2.24, 2.45) is 5.73 Å². The molecule has 0 atom stereocenters. The van der Waals surface area contributed by atoms with Crippen molar-refractivity contribution in [2.75, 3.05) is 10.6 Å². The largest absolute Gasteiger partial charge is 0.380 e. The molecule has 0 unspecified atom stereocenters. The Kier molecular flexibility index (Phi) is 3.97. The van der Waals surface area contributed by atoms with Crippen LogP contribution in [0, 0.1) is 5.82 Å². The molecular formula is C20H15FN4O2. The Balaban J connectivity index is 1.78. The zero-order chi connectivity index (χ0) is 19.0. The number of hydrogen-bond acceptors (Lipinski definition) is 4. The second-order valence-electron chi connectivity index (χ2n) is 5.92. The van der Waals surface area contributed by atoms with Crippen LogP contribution in [0.1, 0.15) is 0 Å². The number of nitrogens with two attached hydrogens (primary N) is 2. The number of urea groups is 1. The summed E-state index contributed by atoms with van der Waals surface area (Å²) in [6.45, 7) is 0. The summed E-state index contributed by atoms with van der Waals surface area (Å²) < 4.78 is 19.3. The van der Waals surface area contributed by atoms with Gasteiger partial charge in [-0.2, -0.15) is 0 Å². The van der Waals surface area contributed by atoms with Gasteiger partial charge in [0.1, 0.15) is 5.82 Å². The third-order valence-corrected chi connectivity index (χ3v) is 4.27. The van der Waals surface area contributed by atoms with Gasteiger partial charge in [0.15, 0.2) is 11.4 Å². The predicted molar refractivity (Wildman–Crippen MR) is 102 cm³/mol. The number of benzene rings is 3. The van der Waals surface area contributed by atoms with Crippen LogP contribution in [-0.2, 0) is 0 Å². The molecule has 0 aliphatic rings. The Morgan fingerprint density at radius 3 is 2.44 bits per heavy atom. The number of amides is 2. The minimum absolute atomic E-state index is 0.0862. The molecule has 4 N–H and O–H groups in total. The lowest BCUT2D eigenvalue weighted by Gasteiger charge is -2.21. The Hall–Kier alpha value is -3.87. The van der Waals surface area contributed by atoms with Crippen LogP contribution in [0.15, 0.2) is 71.3 Å². The molecule has 3 aromatic carbocycles. The second-order valence-corrected chi connectivity index (χ2v) is 5.92. The number of fused-ring (bicyclic) bond motifs is 1. The monoisotopic (exact) mass is 362 g/mol. The minimum Gasteiger partial charge on any atom is -0.380 e. The van der Waals surface area contributed by atoms with Gasteiger partial charge in [-0.1, -0.05) is 41.6 Å². The number of hydrogen-bond donors (Lipinski definition) is 2. The maximum atomic E-state index is 14.1. The molecule has 27 heavy (non-hydrogen) atoms. The summed E-state index contributed by atoms with van der Waals surface area (Å²) in [5, 5.41) is 4.51. The molecule has 0 fully saturated rings. The van der Waals surface area contributed by atoms with E-state index in [2.05, 4.69) is 5.16 Å². The van der Waals surface area contributed by atoms with Gasteiger partial charge in [0.25, 0.3) is 0 Å². The molecular weight excluding hydrogens is 347 g/mol.